The van der Waals surface area contributed by atoms with Gasteiger partial charge in [0.2, 0.25) is 0 Å². The van der Waals surface area contributed by atoms with Crippen LogP contribution in [0.15, 0.2) is 90.0 Å². The SMILES string of the molecule is O=C(O)CCCCCCCCCCN1C(=O)C(=Cc2cn(-c3ccccc3)nc2-c2cccc(OCc3ccc(Cl)cc3)c2)SC1=S. The quantitative estimate of drug-likeness (QED) is 0.0672. The Labute approximate surface area is 290 Å². The van der Waals surface area contributed by atoms with Gasteiger partial charge in [0.1, 0.15) is 22.4 Å². The van der Waals surface area contributed by atoms with Crippen molar-refractivity contribution in [3.63, 3.8) is 0 Å². The van der Waals surface area contributed by atoms with Crippen LogP contribution in [-0.2, 0) is 16.2 Å². The van der Waals surface area contributed by atoms with E-state index in [1.165, 1.54) is 11.8 Å². The highest BCUT2D eigenvalue weighted by molar-refractivity contribution is 8.26. The Hall–Kier alpha value is -3.92. The van der Waals surface area contributed by atoms with Crippen LogP contribution >= 0.6 is 35.6 Å². The van der Waals surface area contributed by atoms with Gasteiger partial charge in [0, 0.05) is 35.3 Å². The molecule has 0 spiro atoms. The average Bonchev–Trinajstić information content (AvgIpc) is 3.62. The molecule has 47 heavy (non-hydrogen) atoms. The van der Waals surface area contributed by atoms with Crippen molar-refractivity contribution in [1.82, 2.24) is 14.7 Å². The van der Waals surface area contributed by atoms with Crippen LogP contribution in [0.5, 0.6) is 5.75 Å². The Morgan fingerprint density at radius 1 is 0.915 bits per heavy atom. The van der Waals surface area contributed by atoms with Crippen molar-refractivity contribution < 1.29 is 19.4 Å². The van der Waals surface area contributed by atoms with Gasteiger partial charge < -0.3 is 9.84 Å². The molecule has 0 saturated carbocycles. The van der Waals surface area contributed by atoms with Gasteiger partial charge in [-0.1, -0.05) is 117 Å². The molecule has 0 aliphatic carbocycles. The molecule has 1 saturated heterocycles. The molecule has 1 aliphatic rings. The molecule has 1 N–H and O–H groups in total. The fraction of sp³-hybridized carbons (Fsp3) is 0.297. The topological polar surface area (TPSA) is 84.7 Å². The predicted molar refractivity (Wildman–Crippen MR) is 194 cm³/mol. The molecule has 1 amide bonds. The summed E-state index contributed by atoms with van der Waals surface area (Å²) >= 11 is 13.0. The van der Waals surface area contributed by atoms with Gasteiger partial charge in [-0.2, -0.15) is 5.10 Å². The Balaban J connectivity index is 1.25. The van der Waals surface area contributed by atoms with Gasteiger partial charge in [0.25, 0.3) is 5.91 Å². The number of carbonyl (C=O) groups is 2. The third-order valence-corrected chi connectivity index (χ3v) is 9.50. The summed E-state index contributed by atoms with van der Waals surface area (Å²) < 4.78 is 8.51. The minimum atomic E-state index is -0.722. The molecular weight excluding hydrogens is 650 g/mol. The summed E-state index contributed by atoms with van der Waals surface area (Å²) in [7, 11) is 0. The lowest BCUT2D eigenvalue weighted by atomic mass is 10.1. The molecule has 5 rings (SSSR count). The second-order valence-electron chi connectivity index (χ2n) is 11.5. The van der Waals surface area contributed by atoms with E-state index in [1.807, 2.05) is 95.8 Å². The first-order valence-electron chi connectivity index (χ1n) is 16.0. The lowest BCUT2D eigenvalue weighted by Gasteiger charge is -2.14. The Bertz CT molecular complexity index is 1710. The van der Waals surface area contributed by atoms with E-state index in [-0.39, 0.29) is 12.3 Å². The van der Waals surface area contributed by atoms with Crippen LogP contribution in [0.2, 0.25) is 5.02 Å². The van der Waals surface area contributed by atoms with Gasteiger partial charge >= 0.3 is 5.97 Å². The van der Waals surface area contributed by atoms with Crippen molar-refractivity contribution in [2.75, 3.05) is 6.54 Å². The lowest BCUT2D eigenvalue weighted by Crippen LogP contribution is -2.29. The summed E-state index contributed by atoms with van der Waals surface area (Å²) in [5, 5.41) is 14.4. The maximum Gasteiger partial charge on any atom is 0.303 e. The van der Waals surface area contributed by atoms with Gasteiger partial charge in [-0.3, -0.25) is 14.5 Å². The van der Waals surface area contributed by atoms with E-state index in [4.69, 9.17) is 38.8 Å². The zero-order valence-corrected chi connectivity index (χ0v) is 28.5. The number of carbonyl (C=O) groups excluding carboxylic acids is 1. The normalized spacial score (nSPS) is 13.9. The summed E-state index contributed by atoms with van der Waals surface area (Å²) in [6.07, 6.45) is 12.1. The second-order valence-corrected chi connectivity index (χ2v) is 13.6. The standard InChI is InChI=1S/C37H38ClN3O4S2/c38-30-20-18-27(19-21-30)26-45-32-16-12-13-28(23-32)35-29(25-41(39-35)31-14-8-7-9-15-31)24-33-36(44)40(37(46)47-33)22-11-6-4-2-1-3-5-10-17-34(42)43/h7-9,12-16,18-21,23-25H,1-6,10-11,17,22,26H2,(H,42,43). The number of benzene rings is 3. The first kappa shape index (κ1) is 34.4. The second kappa shape index (κ2) is 17.3. The lowest BCUT2D eigenvalue weighted by molar-refractivity contribution is -0.137. The van der Waals surface area contributed by atoms with Gasteiger partial charge in [0.15, 0.2) is 0 Å². The number of hydrogen-bond acceptors (Lipinski definition) is 6. The van der Waals surface area contributed by atoms with E-state index in [2.05, 4.69) is 0 Å². The highest BCUT2D eigenvalue weighted by Crippen LogP contribution is 2.36. The fourth-order valence-corrected chi connectivity index (χ4v) is 6.78. The van der Waals surface area contributed by atoms with Crippen molar-refractivity contribution in [3.8, 4) is 22.7 Å². The zero-order valence-electron chi connectivity index (χ0n) is 26.1. The first-order chi connectivity index (χ1) is 22.9. The molecule has 244 valence electrons. The largest absolute Gasteiger partial charge is 0.489 e. The number of para-hydroxylation sites is 1. The molecule has 10 heteroatoms. The van der Waals surface area contributed by atoms with Crippen LogP contribution in [0.1, 0.15) is 68.9 Å². The summed E-state index contributed by atoms with van der Waals surface area (Å²) in [5.41, 5.74) is 4.35. The van der Waals surface area contributed by atoms with E-state index in [0.717, 1.165) is 79.4 Å². The van der Waals surface area contributed by atoms with E-state index in [1.54, 1.807) is 4.90 Å². The minimum Gasteiger partial charge on any atom is -0.489 e. The van der Waals surface area contributed by atoms with Crippen LogP contribution in [-0.4, -0.2) is 42.5 Å². The summed E-state index contributed by atoms with van der Waals surface area (Å²) in [6.45, 7) is 1.01. The molecule has 0 unspecified atom stereocenters. The molecule has 1 fully saturated rings. The van der Waals surface area contributed by atoms with Crippen LogP contribution in [0.25, 0.3) is 23.0 Å². The molecule has 2 heterocycles. The smallest absolute Gasteiger partial charge is 0.303 e. The molecule has 3 aromatic carbocycles. The number of unbranched alkanes of at least 4 members (excludes halogenated alkanes) is 7. The number of carboxylic acid groups (broad SMARTS) is 1. The number of nitrogens with zero attached hydrogens (tertiary/aromatic N) is 3. The third kappa shape index (κ3) is 10.0. The van der Waals surface area contributed by atoms with E-state index in [0.29, 0.717) is 33.1 Å². The summed E-state index contributed by atoms with van der Waals surface area (Å²) in [6, 6.07) is 25.3. The van der Waals surface area contributed by atoms with Gasteiger partial charge in [-0.15, -0.1) is 0 Å². The average molecular weight is 688 g/mol. The zero-order chi connectivity index (χ0) is 33.0. The molecule has 4 aromatic rings. The number of halogens is 1. The number of aliphatic carboxylic acids is 1. The number of ether oxygens (including phenoxy) is 1. The van der Waals surface area contributed by atoms with Crippen LogP contribution in [0, 0.1) is 0 Å². The number of thiocarbonyl (C=S) groups is 1. The molecule has 0 bridgehead atoms. The van der Waals surface area contributed by atoms with Crippen molar-refractivity contribution in [2.45, 2.75) is 64.4 Å². The Kier molecular flexibility index (Phi) is 12.7. The molecule has 0 radical (unpaired) electrons. The van der Waals surface area contributed by atoms with Crippen molar-refractivity contribution >= 4 is 57.9 Å². The molecule has 1 aromatic heterocycles. The Morgan fingerprint density at radius 3 is 2.34 bits per heavy atom. The minimum absolute atomic E-state index is 0.0723. The molecular formula is C37H38ClN3O4S2. The van der Waals surface area contributed by atoms with Crippen LogP contribution in [0.3, 0.4) is 0 Å². The molecule has 0 atom stereocenters. The molecule has 1 aliphatic heterocycles. The van der Waals surface area contributed by atoms with Crippen LogP contribution < -0.4 is 4.74 Å². The number of thioether (sulfide) groups is 1. The summed E-state index contributed by atoms with van der Waals surface area (Å²) in [4.78, 5) is 26.4. The van der Waals surface area contributed by atoms with E-state index >= 15 is 0 Å². The number of rotatable bonds is 17. The first-order valence-corrected chi connectivity index (χ1v) is 17.6. The van der Waals surface area contributed by atoms with Crippen molar-refractivity contribution in [2.24, 2.45) is 0 Å². The fourth-order valence-electron chi connectivity index (χ4n) is 5.35. The highest BCUT2D eigenvalue weighted by Gasteiger charge is 2.32. The maximum absolute atomic E-state index is 13.5. The van der Waals surface area contributed by atoms with Gasteiger partial charge in [-0.25, -0.2) is 4.68 Å². The van der Waals surface area contributed by atoms with E-state index < -0.39 is 5.97 Å². The number of aromatic nitrogens is 2. The van der Waals surface area contributed by atoms with Crippen molar-refractivity contribution in [1.29, 1.82) is 0 Å². The number of hydrogen-bond donors (Lipinski definition) is 1. The predicted octanol–water partition coefficient (Wildman–Crippen LogP) is 9.57. The van der Waals surface area contributed by atoms with Gasteiger partial charge in [-0.05, 0) is 60.9 Å². The summed E-state index contributed by atoms with van der Waals surface area (Å²) in [5.74, 6) is -0.0840. The van der Waals surface area contributed by atoms with Crippen molar-refractivity contribution in [3.05, 3.63) is 106 Å². The van der Waals surface area contributed by atoms with E-state index in [9.17, 15) is 9.59 Å². The third-order valence-electron chi connectivity index (χ3n) is 7.87. The van der Waals surface area contributed by atoms with Crippen LogP contribution in [0.4, 0.5) is 0 Å². The highest BCUT2D eigenvalue weighted by atomic mass is 35.5. The maximum atomic E-state index is 13.5. The Morgan fingerprint density at radius 2 is 1.62 bits per heavy atom. The molecule has 7 nitrogen and oxygen atoms in total. The number of amides is 1. The monoisotopic (exact) mass is 687 g/mol. The van der Waals surface area contributed by atoms with Gasteiger partial charge in [0.05, 0.1) is 10.6 Å². The number of carboxylic acids is 1.